The molecular formula is C8H7ClN4S. The van der Waals surface area contributed by atoms with Crippen molar-refractivity contribution in [3.05, 3.63) is 29.9 Å². The first-order valence-corrected chi connectivity index (χ1v) is 5.08. The maximum Gasteiger partial charge on any atom is 0.174 e. The highest BCUT2D eigenvalue weighted by atomic mass is 35.5. The highest BCUT2D eigenvalue weighted by molar-refractivity contribution is 7.99. The minimum absolute atomic E-state index is 0.403. The first-order chi connectivity index (χ1) is 6.77. The normalized spacial score (nSPS) is 10.4. The van der Waals surface area contributed by atoms with Crippen molar-refractivity contribution in [2.24, 2.45) is 7.05 Å². The van der Waals surface area contributed by atoms with Gasteiger partial charge in [0.2, 0.25) is 0 Å². The Hall–Kier alpha value is -1.07. The fraction of sp³-hybridized carbons (Fsp3) is 0.125. The van der Waals surface area contributed by atoms with Crippen molar-refractivity contribution in [2.75, 3.05) is 0 Å². The molecule has 0 aliphatic rings. The maximum absolute atomic E-state index is 5.86. The van der Waals surface area contributed by atoms with Gasteiger partial charge in [0.25, 0.3) is 0 Å². The van der Waals surface area contributed by atoms with Gasteiger partial charge >= 0.3 is 0 Å². The summed E-state index contributed by atoms with van der Waals surface area (Å²) in [4.78, 5) is 12.2. The van der Waals surface area contributed by atoms with E-state index in [-0.39, 0.29) is 0 Å². The van der Waals surface area contributed by atoms with Gasteiger partial charge < -0.3 is 4.57 Å². The van der Waals surface area contributed by atoms with E-state index >= 15 is 0 Å². The molecule has 6 heteroatoms. The Morgan fingerprint density at radius 3 is 2.64 bits per heavy atom. The quantitative estimate of drug-likeness (QED) is 0.786. The standard InChI is InChI=1S/C8H7ClN4S/c1-13-5-4-12-8(13)14-7-6(9)10-2-3-11-7/h2-5H,1H3. The van der Waals surface area contributed by atoms with E-state index < -0.39 is 0 Å². The smallest absolute Gasteiger partial charge is 0.174 e. The number of hydrogen-bond donors (Lipinski definition) is 0. The third kappa shape index (κ3) is 1.88. The van der Waals surface area contributed by atoms with Gasteiger partial charge in [0.15, 0.2) is 10.3 Å². The van der Waals surface area contributed by atoms with Crippen LogP contribution in [-0.4, -0.2) is 19.5 Å². The molecule has 72 valence electrons. The molecule has 2 rings (SSSR count). The minimum atomic E-state index is 0.403. The molecule has 0 saturated carbocycles. The number of imidazole rings is 1. The number of aryl methyl sites for hydroxylation is 1. The van der Waals surface area contributed by atoms with E-state index in [1.807, 2.05) is 17.8 Å². The largest absolute Gasteiger partial charge is 0.329 e. The number of halogens is 1. The Morgan fingerprint density at radius 1 is 1.21 bits per heavy atom. The molecule has 0 saturated heterocycles. The molecule has 0 amide bonds. The third-order valence-electron chi connectivity index (χ3n) is 1.59. The lowest BCUT2D eigenvalue weighted by Crippen LogP contribution is -1.90. The summed E-state index contributed by atoms with van der Waals surface area (Å²) in [6.07, 6.45) is 6.77. The molecular weight excluding hydrogens is 220 g/mol. The maximum atomic E-state index is 5.86. The Balaban J connectivity index is 2.28. The number of nitrogens with zero attached hydrogens (tertiary/aromatic N) is 4. The van der Waals surface area contributed by atoms with Gasteiger partial charge in [-0.1, -0.05) is 11.6 Å². The Morgan fingerprint density at radius 2 is 2.00 bits per heavy atom. The predicted octanol–water partition coefficient (Wildman–Crippen LogP) is 2.01. The second kappa shape index (κ2) is 3.98. The van der Waals surface area contributed by atoms with E-state index in [2.05, 4.69) is 15.0 Å². The molecule has 4 nitrogen and oxygen atoms in total. The second-order valence-electron chi connectivity index (χ2n) is 2.58. The van der Waals surface area contributed by atoms with Crippen LogP contribution in [0.5, 0.6) is 0 Å². The molecule has 0 N–H and O–H groups in total. The van der Waals surface area contributed by atoms with Crippen LogP contribution in [0.2, 0.25) is 5.15 Å². The predicted molar refractivity (Wildman–Crippen MR) is 54.4 cm³/mol. The zero-order valence-corrected chi connectivity index (χ0v) is 8.96. The monoisotopic (exact) mass is 226 g/mol. The van der Waals surface area contributed by atoms with Crippen molar-refractivity contribution >= 4 is 23.4 Å². The van der Waals surface area contributed by atoms with E-state index in [1.165, 1.54) is 11.8 Å². The van der Waals surface area contributed by atoms with E-state index in [4.69, 9.17) is 11.6 Å². The van der Waals surface area contributed by atoms with Gasteiger partial charge in [-0.2, -0.15) is 0 Å². The van der Waals surface area contributed by atoms with Gasteiger partial charge in [0.1, 0.15) is 5.03 Å². The highest BCUT2D eigenvalue weighted by Crippen LogP contribution is 2.27. The third-order valence-corrected chi connectivity index (χ3v) is 3.04. The summed E-state index contributed by atoms with van der Waals surface area (Å²) < 4.78 is 1.90. The van der Waals surface area contributed by atoms with Gasteiger partial charge in [-0.15, -0.1) is 0 Å². The molecule has 0 unspecified atom stereocenters. The topological polar surface area (TPSA) is 43.6 Å². The minimum Gasteiger partial charge on any atom is -0.329 e. The number of hydrogen-bond acceptors (Lipinski definition) is 4. The van der Waals surface area contributed by atoms with E-state index in [0.717, 1.165) is 5.16 Å². The Kier molecular flexibility index (Phi) is 2.69. The van der Waals surface area contributed by atoms with Crippen molar-refractivity contribution in [3.63, 3.8) is 0 Å². The summed E-state index contributed by atoms with van der Waals surface area (Å²) in [5.74, 6) is 0. The summed E-state index contributed by atoms with van der Waals surface area (Å²) in [5, 5.41) is 1.91. The van der Waals surface area contributed by atoms with Gasteiger partial charge in [-0.25, -0.2) is 15.0 Å². The SMILES string of the molecule is Cn1ccnc1Sc1nccnc1Cl. The fourth-order valence-corrected chi connectivity index (χ4v) is 1.88. The molecule has 0 aliphatic carbocycles. The van der Waals surface area contributed by atoms with Crippen LogP contribution in [0.1, 0.15) is 0 Å². The molecule has 0 bridgehead atoms. The van der Waals surface area contributed by atoms with E-state index in [9.17, 15) is 0 Å². The molecule has 0 aliphatic heterocycles. The van der Waals surface area contributed by atoms with Crippen LogP contribution in [0.25, 0.3) is 0 Å². The van der Waals surface area contributed by atoms with Crippen LogP contribution in [0.3, 0.4) is 0 Å². The number of aromatic nitrogens is 4. The molecule has 0 radical (unpaired) electrons. The van der Waals surface area contributed by atoms with Gasteiger partial charge in [-0.3, -0.25) is 0 Å². The number of rotatable bonds is 2. The average Bonchev–Trinajstić information content (AvgIpc) is 2.56. The van der Waals surface area contributed by atoms with Crippen LogP contribution in [-0.2, 0) is 7.05 Å². The van der Waals surface area contributed by atoms with Crippen LogP contribution < -0.4 is 0 Å². The lowest BCUT2D eigenvalue weighted by molar-refractivity contribution is 0.788. The molecule has 0 fully saturated rings. The van der Waals surface area contributed by atoms with E-state index in [0.29, 0.717) is 10.2 Å². The second-order valence-corrected chi connectivity index (χ2v) is 3.89. The average molecular weight is 227 g/mol. The van der Waals surface area contributed by atoms with Crippen LogP contribution in [0.15, 0.2) is 35.0 Å². The zero-order valence-electron chi connectivity index (χ0n) is 7.38. The Bertz CT molecular complexity index is 442. The first kappa shape index (κ1) is 9.48. The zero-order chi connectivity index (χ0) is 9.97. The molecule has 0 atom stereocenters. The van der Waals surface area contributed by atoms with Crippen molar-refractivity contribution in [3.8, 4) is 0 Å². The van der Waals surface area contributed by atoms with E-state index in [1.54, 1.807) is 18.6 Å². The lowest BCUT2D eigenvalue weighted by atomic mass is 10.8. The van der Waals surface area contributed by atoms with Crippen LogP contribution in [0, 0.1) is 0 Å². The molecule has 14 heavy (non-hydrogen) atoms. The Labute approximate surface area is 90.4 Å². The van der Waals surface area contributed by atoms with Crippen LogP contribution in [0.4, 0.5) is 0 Å². The lowest BCUT2D eigenvalue weighted by Gasteiger charge is -2.00. The molecule has 2 aromatic rings. The van der Waals surface area contributed by atoms with Crippen molar-refractivity contribution < 1.29 is 0 Å². The highest BCUT2D eigenvalue weighted by Gasteiger charge is 2.07. The van der Waals surface area contributed by atoms with Crippen molar-refractivity contribution in [1.29, 1.82) is 0 Å². The van der Waals surface area contributed by atoms with Gasteiger partial charge in [0, 0.05) is 31.8 Å². The summed E-state index contributed by atoms with van der Waals surface area (Å²) in [6.45, 7) is 0. The summed E-state index contributed by atoms with van der Waals surface area (Å²) in [6, 6.07) is 0. The van der Waals surface area contributed by atoms with Gasteiger partial charge in [0.05, 0.1) is 0 Å². The van der Waals surface area contributed by atoms with Crippen LogP contribution >= 0.6 is 23.4 Å². The molecule has 2 heterocycles. The summed E-state index contributed by atoms with van der Waals surface area (Å²) in [7, 11) is 1.92. The fourth-order valence-electron chi connectivity index (χ4n) is 0.913. The molecule has 0 spiro atoms. The van der Waals surface area contributed by atoms with Crippen molar-refractivity contribution in [1.82, 2.24) is 19.5 Å². The molecule has 0 aromatic carbocycles. The first-order valence-electron chi connectivity index (χ1n) is 3.89. The van der Waals surface area contributed by atoms with Crippen molar-refractivity contribution in [2.45, 2.75) is 10.2 Å². The summed E-state index contributed by atoms with van der Waals surface area (Å²) >= 11 is 7.26. The molecule has 2 aromatic heterocycles. The van der Waals surface area contributed by atoms with Gasteiger partial charge in [-0.05, 0) is 11.8 Å². The summed E-state index contributed by atoms with van der Waals surface area (Å²) in [5.41, 5.74) is 0.